The van der Waals surface area contributed by atoms with Gasteiger partial charge < -0.3 is 14.8 Å². The van der Waals surface area contributed by atoms with E-state index in [0.29, 0.717) is 18.9 Å². The largest absolute Gasteiger partial charge is 0.483 e. The standard InChI is InChI=1S/C21H25F2NO3/c1-14(2)18-9-4-15(3)12-19(18)26-13-20(25)24-11-10-16-5-7-17(8-6-16)27-21(22)23/h4-9,12,14,21H,10-11,13H2,1-3H3,(H,24,25). The summed E-state index contributed by atoms with van der Waals surface area (Å²) in [5.74, 6) is 0.949. The Hall–Kier alpha value is -2.63. The molecule has 2 rings (SSSR count). The SMILES string of the molecule is Cc1ccc(C(C)C)c(OCC(=O)NCCc2ccc(OC(F)F)cc2)c1. The Kier molecular flexibility index (Phi) is 7.58. The van der Waals surface area contributed by atoms with Crippen LogP contribution in [0.15, 0.2) is 42.5 Å². The molecule has 0 atom stereocenters. The van der Waals surface area contributed by atoms with Gasteiger partial charge >= 0.3 is 6.61 Å². The van der Waals surface area contributed by atoms with Gasteiger partial charge in [0.1, 0.15) is 11.5 Å². The molecule has 0 fully saturated rings. The van der Waals surface area contributed by atoms with Gasteiger partial charge in [-0.05, 0) is 54.2 Å². The second-order valence-corrected chi connectivity index (χ2v) is 6.61. The van der Waals surface area contributed by atoms with Crippen molar-refractivity contribution in [1.29, 1.82) is 0 Å². The van der Waals surface area contributed by atoms with E-state index in [1.807, 2.05) is 25.1 Å². The third kappa shape index (κ3) is 6.89. The van der Waals surface area contributed by atoms with Crippen LogP contribution < -0.4 is 14.8 Å². The molecule has 0 saturated heterocycles. The Bertz CT molecular complexity index is 746. The molecule has 0 saturated carbocycles. The molecule has 1 amide bonds. The fraction of sp³-hybridized carbons (Fsp3) is 0.381. The molecule has 0 bridgehead atoms. The zero-order valence-electron chi connectivity index (χ0n) is 15.8. The maximum absolute atomic E-state index is 12.1. The highest BCUT2D eigenvalue weighted by molar-refractivity contribution is 5.77. The van der Waals surface area contributed by atoms with Crippen LogP contribution in [0.5, 0.6) is 11.5 Å². The lowest BCUT2D eigenvalue weighted by molar-refractivity contribution is -0.123. The number of hydrogen-bond donors (Lipinski definition) is 1. The van der Waals surface area contributed by atoms with E-state index in [2.05, 4.69) is 23.9 Å². The van der Waals surface area contributed by atoms with Crippen LogP contribution in [-0.4, -0.2) is 25.7 Å². The number of halogens is 2. The number of carbonyl (C=O) groups is 1. The third-order valence-electron chi connectivity index (χ3n) is 4.03. The van der Waals surface area contributed by atoms with E-state index < -0.39 is 6.61 Å². The fourth-order valence-electron chi connectivity index (χ4n) is 2.62. The number of hydrogen-bond acceptors (Lipinski definition) is 3. The first-order valence-corrected chi connectivity index (χ1v) is 8.89. The first-order chi connectivity index (χ1) is 12.8. The van der Waals surface area contributed by atoms with Gasteiger partial charge in [0.05, 0.1) is 0 Å². The highest BCUT2D eigenvalue weighted by Crippen LogP contribution is 2.27. The summed E-state index contributed by atoms with van der Waals surface area (Å²) in [4.78, 5) is 12.0. The summed E-state index contributed by atoms with van der Waals surface area (Å²) in [6, 6.07) is 12.3. The van der Waals surface area contributed by atoms with Crippen LogP contribution in [-0.2, 0) is 11.2 Å². The van der Waals surface area contributed by atoms with Crippen molar-refractivity contribution >= 4 is 5.91 Å². The molecule has 0 radical (unpaired) electrons. The number of aryl methyl sites for hydroxylation is 1. The van der Waals surface area contributed by atoms with Crippen molar-refractivity contribution in [2.75, 3.05) is 13.2 Å². The van der Waals surface area contributed by atoms with Crippen molar-refractivity contribution in [2.24, 2.45) is 0 Å². The predicted octanol–water partition coefficient (Wildman–Crippen LogP) is 4.46. The number of ether oxygens (including phenoxy) is 2. The number of alkyl halides is 2. The van der Waals surface area contributed by atoms with Gasteiger partial charge in [0.15, 0.2) is 6.61 Å². The summed E-state index contributed by atoms with van der Waals surface area (Å²) < 4.78 is 34.2. The molecular weight excluding hydrogens is 352 g/mol. The van der Waals surface area contributed by atoms with E-state index >= 15 is 0 Å². The predicted molar refractivity (Wildman–Crippen MR) is 101 cm³/mol. The van der Waals surface area contributed by atoms with Crippen LogP contribution in [0.4, 0.5) is 8.78 Å². The van der Waals surface area contributed by atoms with Gasteiger partial charge in [-0.1, -0.05) is 38.1 Å². The fourth-order valence-corrected chi connectivity index (χ4v) is 2.62. The topological polar surface area (TPSA) is 47.6 Å². The van der Waals surface area contributed by atoms with E-state index in [1.54, 1.807) is 12.1 Å². The minimum Gasteiger partial charge on any atom is -0.483 e. The maximum atomic E-state index is 12.1. The Morgan fingerprint density at radius 2 is 1.81 bits per heavy atom. The zero-order chi connectivity index (χ0) is 19.8. The van der Waals surface area contributed by atoms with Gasteiger partial charge in [0, 0.05) is 6.54 Å². The summed E-state index contributed by atoms with van der Waals surface area (Å²) in [6.45, 7) is 3.69. The van der Waals surface area contributed by atoms with Crippen LogP contribution in [0, 0.1) is 6.92 Å². The molecule has 0 aliphatic rings. The average molecular weight is 377 g/mol. The molecule has 0 unspecified atom stereocenters. The van der Waals surface area contributed by atoms with E-state index in [1.165, 1.54) is 12.1 Å². The average Bonchev–Trinajstić information content (AvgIpc) is 2.61. The van der Waals surface area contributed by atoms with Crippen LogP contribution in [0.3, 0.4) is 0 Å². The minimum atomic E-state index is -2.83. The molecule has 0 spiro atoms. The van der Waals surface area contributed by atoms with Gasteiger partial charge in [-0.3, -0.25) is 4.79 Å². The van der Waals surface area contributed by atoms with E-state index in [-0.39, 0.29) is 18.3 Å². The molecule has 0 aromatic heterocycles. The monoisotopic (exact) mass is 377 g/mol. The molecule has 27 heavy (non-hydrogen) atoms. The highest BCUT2D eigenvalue weighted by atomic mass is 19.3. The smallest absolute Gasteiger partial charge is 0.387 e. The highest BCUT2D eigenvalue weighted by Gasteiger charge is 2.10. The molecule has 2 aromatic rings. The third-order valence-corrected chi connectivity index (χ3v) is 4.03. The molecule has 0 aliphatic heterocycles. The summed E-state index contributed by atoms with van der Waals surface area (Å²) in [7, 11) is 0. The molecule has 146 valence electrons. The van der Waals surface area contributed by atoms with E-state index in [9.17, 15) is 13.6 Å². The number of rotatable bonds is 9. The Balaban J connectivity index is 1.78. The van der Waals surface area contributed by atoms with E-state index in [4.69, 9.17) is 4.74 Å². The second-order valence-electron chi connectivity index (χ2n) is 6.61. The normalized spacial score (nSPS) is 10.9. The number of amides is 1. The second kappa shape index (κ2) is 9.90. The molecule has 6 heteroatoms. The molecule has 2 aromatic carbocycles. The Morgan fingerprint density at radius 1 is 1.11 bits per heavy atom. The molecular formula is C21H25F2NO3. The van der Waals surface area contributed by atoms with Crippen molar-refractivity contribution in [3.05, 3.63) is 59.2 Å². The Labute approximate surface area is 158 Å². The lowest BCUT2D eigenvalue weighted by Gasteiger charge is -2.15. The lowest BCUT2D eigenvalue weighted by atomic mass is 10.0. The van der Waals surface area contributed by atoms with Crippen LogP contribution >= 0.6 is 0 Å². The Morgan fingerprint density at radius 3 is 2.44 bits per heavy atom. The van der Waals surface area contributed by atoms with Gasteiger partial charge in [-0.2, -0.15) is 8.78 Å². The number of carbonyl (C=O) groups excluding carboxylic acids is 1. The van der Waals surface area contributed by atoms with Gasteiger partial charge in [0.25, 0.3) is 5.91 Å². The minimum absolute atomic E-state index is 0.0513. The van der Waals surface area contributed by atoms with Crippen molar-refractivity contribution in [2.45, 2.75) is 39.7 Å². The number of nitrogens with one attached hydrogen (secondary N) is 1. The van der Waals surface area contributed by atoms with Crippen LogP contribution in [0.25, 0.3) is 0 Å². The first kappa shape index (κ1) is 20.7. The quantitative estimate of drug-likeness (QED) is 0.702. The summed E-state index contributed by atoms with van der Waals surface area (Å²) in [5.41, 5.74) is 3.06. The van der Waals surface area contributed by atoms with Gasteiger partial charge in [-0.15, -0.1) is 0 Å². The van der Waals surface area contributed by atoms with Crippen molar-refractivity contribution in [3.8, 4) is 11.5 Å². The van der Waals surface area contributed by atoms with Gasteiger partial charge in [0.2, 0.25) is 0 Å². The summed E-state index contributed by atoms with van der Waals surface area (Å²) >= 11 is 0. The molecule has 0 aliphatic carbocycles. The van der Waals surface area contributed by atoms with Crippen molar-refractivity contribution < 1.29 is 23.0 Å². The molecule has 0 heterocycles. The van der Waals surface area contributed by atoms with Crippen LogP contribution in [0.1, 0.15) is 36.5 Å². The summed E-state index contributed by atoms with van der Waals surface area (Å²) in [5, 5.41) is 2.80. The number of benzene rings is 2. The van der Waals surface area contributed by atoms with Crippen molar-refractivity contribution in [3.63, 3.8) is 0 Å². The van der Waals surface area contributed by atoms with Crippen molar-refractivity contribution in [1.82, 2.24) is 5.32 Å². The first-order valence-electron chi connectivity index (χ1n) is 8.89. The maximum Gasteiger partial charge on any atom is 0.387 e. The molecule has 4 nitrogen and oxygen atoms in total. The van der Waals surface area contributed by atoms with E-state index in [0.717, 1.165) is 22.4 Å². The van der Waals surface area contributed by atoms with Crippen LogP contribution in [0.2, 0.25) is 0 Å². The summed E-state index contributed by atoms with van der Waals surface area (Å²) in [6.07, 6.45) is 0.586. The zero-order valence-corrected chi connectivity index (χ0v) is 15.8. The molecule has 1 N–H and O–H groups in total. The van der Waals surface area contributed by atoms with Gasteiger partial charge in [-0.25, -0.2) is 0 Å². The lowest BCUT2D eigenvalue weighted by Crippen LogP contribution is -2.30.